The number of aliphatic hydroxyl groups excluding tert-OH is 1. The van der Waals surface area contributed by atoms with E-state index in [0.29, 0.717) is 6.42 Å². The van der Waals surface area contributed by atoms with Gasteiger partial charge in [-0.1, -0.05) is 11.6 Å². The molecule has 0 aliphatic rings. The van der Waals surface area contributed by atoms with Crippen molar-refractivity contribution in [3.05, 3.63) is 34.4 Å². The van der Waals surface area contributed by atoms with Crippen LogP contribution in [0.1, 0.15) is 24.5 Å². The summed E-state index contributed by atoms with van der Waals surface area (Å²) in [6, 6.07) is 1.73. The van der Waals surface area contributed by atoms with Crippen LogP contribution in [-0.2, 0) is 0 Å². The molecule has 0 aliphatic heterocycles. The van der Waals surface area contributed by atoms with Crippen LogP contribution in [0.4, 0.5) is 8.78 Å². The van der Waals surface area contributed by atoms with Gasteiger partial charge in [0.2, 0.25) is 0 Å². The van der Waals surface area contributed by atoms with Crippen molar-refractivity contribution in [3.8, 4) is 12.3 Å². The first-order valence-electron chi connectivity index (χ1n) is 4.32. The van der Waals surface area contributed by atoms with Crippen molar-refractivity contribution in [2.45, 2.75) is 18.9 Å². The van der Waals surface area contributed by atoms with Crippen LogP contribution in [0, 0.1) is 24.0 Å². The van der Waals surface area contributed by atoms with E-state index in [2.05, 4.69) is 5.92 Å². The molecule has 0 saturated carbocycles. The summed E-state index contributed by atoms with van der Waals surface area (Å²) >= 11 is 5.37. The van der Waals surface area contributed by atoms with Crippen LogP contribution in [0.25, 0.3) is 0 Å². The fraction of sp³-hybridized carbons (Fsp3) is 0.273. The zero-order valence-corrected chi connectivity index (χ0v) is 8.56. The summed E-state index contributed by atoms with van der Waals surface area (Å²) in [7, 11) is 0. The van der Waals surface area contributed by atoms with Crippen molar-refractivity contribution in [2.75, 3.05) is 0 Å². The van der Waals surface area contributed by atoms with E-state index >= 15 is 0 Å². The third kappa shape index (κ3) is 2.92. The Morgan fingerprint density at radius 2 is 2.07 bits per heavy atom. The molecule has 15 heavy (non-hydrogen) atoms. The SMILES string of the molecule is C#CCCC(O)c1cc(F)c(Cl)cc1F. The first-order valence-corrected chi connectivity index (χ1v) is 4.70. The normalized spacial score (nSPS) is 12.2. The summed E-state index contributed by atoms with van der Waals surface area (Å²) in [6.45, 7) is 0. The van der Waals surface area contributed by atoms with Gasteiger partial charge in [0, 0.05) is 12.0 Å². The maximum atomic E-state index is 13.2. The van der Waals surface area contributed by atoms with Gasteiger partial charge in [-0.05, 0) is 18.6 Å². The Bertz CT molecular complexity index is 398. The Balaban J connectivity index is 2.94. The second kappa shape index (κ2) is 5.11. The minimum Gasteiger partial charge on any atom is -0.388 e. The molecule has 1 rings (SSSR count). The highest BCUT2D eigenvalue weighted by Crippen LogP contribution is 2.26. The molecule has 80 valence electrons. The Morgan fingerprint density at radius 1 is 1.40 bits per heavy atom. The largest absolute Gasteiger partial charge is 0.388 e. The van der Waals surface area contributed by atoms with Gasteiger partial charge in [0.1, 0.15) is 11.6 Å². The average molecular weight is 231 g/mol. The highest BCUT2D eigenvalue weighted by Gasteiger charge is 2.15. The molecule has 0 radical (unpaired) electrons. The van der Waals surface area contributed by atoms with Crippen molar-refractivity contribution < 1.29 is 13.9 Å². The molecule has 0 bridgehead atoms. The second-order valence-electron chi connectivity index (χ2n) is 3.05. The number of hydrogen-bond acceptors (Lipinski definition) is 1. The Hall–Kier alpha value is -1.11. The van der Waals surface area contributed by atoms with E-state index in [4.69, 9.17) is 18.0 Å². The zero-order valence-electron chi connectivity index (χ0n) is 7.80. The molecule has 0 amide bonds. The van der Waals surface area contributed by atoms with E-state index < -0.39 is 17.7 Å². The molecule has 1 atom stereocenters. The molecule has 1 unspecified atom stereocenters. The third-order valence-electron chi connectivity index (χ3n) is 1.96. The van der Waals surface area contributed by atoms with Crippen LogP contribution >= 0.6 is 11.6 Å². The standard InChI is InChI=1S/C11H9ClF2O/c1-2-3-4-11(15)7-5-10(14)8(12)6-9(7)13/h1,5-6,11,15H,3-4H2. The predicted octanol–water partition coefficient (Wildman–Crippen LogP) is 3.07. The second-order valence-corrected chi connectivity index (χ2v) is 3.45. The zero-order chi connectivity index (χ0) is 11.4. The van der Waals surface area contributed by atoms with Crippen LogP contribution in [0.5, 0.6) is 0 Å². The number of benzene rings is 1. The summed E-state index contributed by atoms with van der Waals surface area (Å²) < 4.78 is 26.2. The molecule has 0 aliphatic carbocycles. The molecular weight excluding hydrogens is 222 g/mol. The summed E-state index contributed by atoms with van der Waals surface area (Å²) in [5, 5.41) is 9.20. The molecule has 0 saturated heterocycles. The molecule has 1 N–H and O–H groups in total. The number of halogens is 3. The maximum absolute atomic E-state index is 13.2. The minimum atomic E-state index is -1.10. The fourth-order valence-electron chi connectivity index (χ4n) is 1.17. The Morgan fingerprint density at radius 3 is 2.67 bits per heavy atom. The smallest absolute Gasteiger partial charge is 0.142 e. The van der Waals surface area contributed by atoms with Crippen LogP contribution in [0.15, 0.2) is 12.1 Å². The lowest BCUT2D eigenvalue weighted by Crippen LogP contribution is -2.01. The van der Waals surface area contributed by atoms with E-state index in [1.807, 2.05) is 0 Å². The first-order chi connectivity index (χ1) is 7.06. The summed E-state index contributed by atoms with van der Waals surface area (Å²) in [6.07, 6.45) is 4.38. The van der Waals surface area contributed by atoms with Gasteiger partial charge in [-0.2, -0.15) is 0 Å². The van der Waals surface area contributed by atoms with Crippen LogP contribution in [0.3, 0.4) is 0 Å². The van der Waals surface area contributed by atoms with E-state index in [0.717, 1.165) is 12.1 Å². The van der Waals surface area contributed by atoms with Gasteiger partial charge >= 0.3 is 0 Å². The third-order valence-corrected chi connectivity index (χ3v) is 2.25. The topological polar surface area (TPSA) is 20.2 Å². The number of terminal acetylenes is 1. The van der Waals surface area contributed by atoms with E-state index in [-0.39, 0.29) is 17.0 Å². The van der Waals surface area contributed by atoms with Gasteiger partial charge in [0.25, 0.3) is 0 Å². The van der Waals surface area contributed by atoms with E-state index in [9.17, 15) is 13.9 Å². The fourth-order valence-corrected chi connectivity index (χ4v) is 1.32. The molecule has 4 heteroatoms. The highest BCUT2D eigenvalue weighted by molar-refractivity contribution is 6.30. The first kappa shape index (κ1) is 12.0. The summed E-state index contributed by atoms with van der Waals surface area (Å²) in [5.41, 5.74) is -0.118. The Labute approximate surface area is 91.7 Å². The molecule has 0 fully saturated rings. The number of rotatable bonds is 3. The lowest BCUT2D eigenvalue weighted by Gasteiger charge is -2.10. The van der Waals surface area contributed by atoms with Gasteiger partial charge in [-0.3, -0.25) is 0 Å². The van der Waals surface area contributed by atoms with Crippen LogP contribution < -0.4 is 0 Å². The average Bonchev–Trinajstić information content (AvgIpc) is 2.20. The van der Waals surface area contributed by atoms with Crippen LogP contribution in [-0.4, -0.2) is 5.11 Å². The monoisotopic (exact) mass is 230 g/mol. The van der Waals surface area contributed by atoms with Crippen molar-refractivity contribution in [3.63, 3.8) is 0 Å². The molecule has 0 spiro atoms. The highest BCUT2D eigenvalue weighted by atomic mass is 35.5. The van der Waals surface area contributed by atoms with Gasteiger partial charge in [0.15, 0.2) is 0 Å². The molecule has 1 nitrogen and oxygen atoms in total. The van der Waals surface area contributed by atoms with Gasteiger partial charge in [-0.25, -0.2) is 8.78 Å². The Kier molecular flexibility index (Phi) is 4.07. The summed E-state index contributed by atoms with van der Waals surface area (Å²) in [4.78, 5) is 0. The lowest BCUT2D eigenvalue weighted by atomic mass is 10.0. The van der Waals surface area contributed by atoms with Crippen molar-refractivity contribution in [1.82, 2.24) is 0 Å². The molecule has 0 heterocycles. The quantitative estimate of drug-likeness (QED) is 0.625. The minimum absolute atomic E-state index is 0.118. The number of aliphatic hydroxyl groups is 1. The molecule has 1 aromatic carbocycles. The van der Waals surface area contributed by atoms with Gasteiger partial charge < -0.3 is 5.11 Å². The molecule has 0 aromatic heterocycles. The van der Waals surface area contributed by atoms with Crippen molar-refractivity contribution in [2.24, 2.45) is 0 Å². The van der Waals surface area contributed by atoms with E-state index in [1.54, 1.807) is 0 Å². The number of hydrogen-bond donors (Lipinski definition) is 1. The molecule has 1 aromatic rings. The van der Waals surface area contributed by atoms with E-state index in [1.165, 1.54) is 0 Å². The summed E-state index contributed by atoms with van der Waals surface area (Å²) in [5.74, 6) is 0.824. The van der Waals surface area contributed by atoms with Crippen LogP contribution in [0.2, 0.25) is 5.02 Å². The van der Waals surface area contributed by atoms with Crippen molar-refractivity contribution in [1.29, 1.82) is 0 Å². The lowest BCUT2D eigenvalue weighted by molar-refractivity contribution is 0.164. The maximum Gasteiger partial charge on any atom is 0.142 e. The van der Waals surface area contributed by atoms with Gasteiger partial charge in [0.05, 0.1) is 11.1 Å². The predicted molar refractivity (Wildman–Crippen MR) is 54.4 cm³/mol. The van der Waals surface area contributed by atoms with Gasteiger partial charge in [-0.15, -0.1) is 12.3 Å². The molecular formula is C11H9ClF2O. The van der Waals surface area contributed by atoms with Crippen molar-refractivity contribution >= 4 is 11.6 Å².